The molecule has 110 valence electrons. The van der Waals surface area contributed by atoms with Crippen molar-refractivity contribution in [3.63, 3.8) is 0 Å². The van der Waals surface area contributed by atoms with Crippen LogP contribution >= 0.6 is 8.03 Å². The third kappa shape index (κ3) is 6.42. The Hall–Kier alpha value is -0.570. The number of hydrogen-bond donors (Lipinski definition) is 2. The van der Waals surface area contributed by atoms with Gasteiger partial charge in [0.05, 0.1) is 6.07 Å². The van der Waals surface area contributed by atoms with Crippen LogP contribution in [0.3, 0.4) is 0 Å². The van der Waals surface area contributed by atoms with E-state index in [0.717, 1.165) is 0 Å². The van der Waals surface area contributed by atoms with Crippen molar-refractivity contribution in [3.05, 3.63) is 0 Å². The Labute approximate surface area is 115 Å². The zero-order chi connectivity index (χ0) is 15.0. The van der Waals surface area contributed by atoms with Crippen LogP contribution in [0.2, 0.25) is 0 Å². The van der Waals surface area contributed by atoms with Gasteiger partial charge in [-0.25, -0.2) is 0 Å². The number of aliphatic hydroxyl groups excluding tert-OH is 2. The third-order valence-electron chi connectivity index (χ3n) is 2.69. The van der Waals surface area contributed by atoms with Gasteiger partial charge in [-0.1, -0.05) is 0 Å². The van der Waals surface area contributed by atoms with Crippen molar-refractivity contribution >= 4 is 8.03 Å². The Morgan fingerprint density at radius 1 is 1.32 bits per heavy atom. The highest BCUT2D eigenvalue weighted by Crippen LogP contribution is 2.30. The molecule has 0 fully saturated rings. The van der Waals surface area contributed by atoms with Crippen LogP contribution in [0.1, 0.15) is 34.1 Å². The van der Waals surface area contributed by atoms with Crippen molar-refractivity contribution in [1.29, 1.82) is 5.26 Å². The van der Waals surface area contributed by atoms with Crippen LogP contribution in [-0.4, -0.2) is 52.3 Å². The molecular weight excluding hydrogens is 267 g/mol. The second-order valence-corrected chi connectivity index (χ2v) is 6.28. The molecule has 19 heavy (non-hydrogen) atoms. The molecule has 0 aromatic carbocycles. The maximum atomic E-state index is 11.6. The van der Waals surface area contributed by atoms with E-state index in [1.165, 1.54) is 0 Å². The fourth-order valence-electron chi connectivity index (χ4n) is 1.96. The summed E-state index contributed by atoms with van der Waals surface area (Å²) < 4.78 is 16.6. The van der Waals surface area contributed by atoms with Gasteiger partial charge in [0.15, 0.2) is 0 Å². The van der Waals surface area contributed by atoms with E-state index in [1.807, 2.05) is 32.6 Å². The highest BCUT2D eigenvalue weighted by molar-refractivity contribution is 7.39. The normalized spacial score (nSPS) is 15.7. The van der Waals surface area contributed by atoms with Crippen molar-refractivity contribution in [2.24, 2.45) is 0 Å². The molecule has 0 radical (unpaired) electrons. The van der Waals surface area contributed by atoms with Gasteiger partial charge in [-0.3, -0.25) is 4.90 Å². The largest absolute Gasteiger partial charge is 0.540 e. The van der Waals surface area contributed by atoms with Gasteiger partial charge in [0.2, 0.25) is 0 Å². The van der Waals surface area contributed by atoms with Gasteiger partial charge in [0.1, 0.15) is 12.6 Å². The highest BCUT2D eigenvalue weighted by Gasteiger charge is 2.33. The maximum absolute atomic E-state index is 11.6. The first-order valence-corrected chi connectivity index (χ1v) is 7.65. The van der Waals surface area contributed by atoms with E-state index >= 15 is 0 Å². The van der Waals surface area contributed by atoms with Crippen molar-refractivity contribution in [2.45, 2.75) is 58.1 Å². The minimum atomic E-state index is -2.28. The fourth-order valence-corrected chi connectivity index (χ4v) is 2.74. The van der Waals surface area contributed by atoms with Crippen LogP contribution < -0.4 is 0 Å². The predicted octanol–water partition coefficient (Wildman–Crippen LogP) is 1.46. The minimum Gasteiger partial charge on any atom is -0.396 e. The molecule has 3 atom stereocenters. The summed E-state index contributed by atoms with van der Waals surface area (Å²) in [5.41, 5.74) is 0. The topological polar surface area (TPSA) is 93.8 Å². The van der Waals surface area contributed by atoms with Gasteiger partial charge in [-0.2, -0.15) is 5.26 Å². The summed E-state index contributed by atoms with van der Waals surface area (Å²) in [6.07, 6.45) is 0.00446. The van der Waals surface area contributed by atoms with E-state index in [-0.39, 0.29) is 31.7 Å². The number of rotatable bonds is 9. The zero-order valence-electron chi connectivity index (χ0n) is 12.0. The molecule has 0 saturated carbocycles. The summed E-state index contributed by atoms with van der Waals surface area (Å²) >= 11 is 0. The summed E-state index contributed by atoms with van der Waals surface area (Å²) in [6, 6.07) is 1.94. The standard InChI is InChI=1S/C12H24N2O4P/c1-9(2)14(10(3)4)11(7-13)8-18-19(17)12(16)5-6-15/h9-12,15-16H,5-6,8H2,1-4H3/q+1. The lowest BCUT2D eigenvalue weighted by atomic mass is 10.1. The number of nitrogens with zero attached hydrogens (tertiary/aromatic N) is 2. The fraction of sp³-hybridized carbons (Fsp3) is 0.917. The van der Waals surface area contributed by atoms with E-state index < -0.39 is 19.9 Å². The summed E-state index contributed by atoms with van der Waals surface area (Å²) in [5.74, 6) is -1.19. The lowest BCUT2D eigenvalue weighted by molar-refractivity contribution is 0.102. The first-order chi connectivity index (χ1) is 8.84. The molecule has 0 aliphatic carbocycles. The average molecular weight is 291 g/mol. The molecule has 2 N–H and O–H groups in total. The van der Waals surface area contributed by atoms with Gasteiger partial charge in [0.25, 0.3) is 5.85 Å². The molecule has 0 rings (SSSR count). The molecule has 7 heteroatoms. The first-order valence-electron chi connectivity index (χ1n) is 6.40. The van der Waals surface area contributed by atoms with Gasteiger partial charge >= 0.3 is 8.03 Å². The summed E-state index contributed by atoms with van der Waals surface area (Å²) in [4.78, 5) is 1.96. The molecule has 0 spiro atoms. The average Bonchev–Trinajstić information content (AvgIpc) is 2.32. The van der Waals surface area contributed by atoms with Crippen molar-refractivity contribution in [3.8, 4) is 6.07 Å². The number of hydrogen-bond acceptors (Lipinski definition) is 6. The van der Waals surface area contributed by atoms with Gasteiger partial charge in [-0.05, 0) is 32.3 Å². The Bertz CT molecular complexity index is 309. The van der Waals surface area contributed by atoms with E-state index in [0.29, 0.717) is 0 Å². The molecule has 0 aromatic rings. The van der Waals surface area contributed by atoms with E-state index in [2.05, 4.69) is 6.07 Å². The lowest BCUT2D eigenvalue weighted by Crippen LogP contribution is -2.46. The number of aliphatic hydroxyl groups is 2. The molecule has 0 heterocycles. The van der Waals surface area contributed by atoms with E-state index in [4.69, 9.17) is 9.63 Å². The Balaban J connectivity index is 4.49. The molecule has 0 bridgehead atoms. The van der Waals surface area contributed by atoms with Crippen molar-refractivity contribution in [2.75, 3.05) is 13.2 Å². The van der Waals surface area contributed by atoms with E-state index in [1.54, 1.807) is 0 Å². The van der Waals surface area contributed by atoms with Crippen molar-refractivity contribution in [1.82, 2.24) is 4.90 Å². The second kappa shape index (κ2) is 9.35. The first kappa shape index (κ1) is 18.4. The number of nitriles is 1. The molecule has 0 aliphatic heterocycles. The summed E-state index contributed by atoms with van der Waals surface area (Å²) in [7, 11) is -2.28. The Morgan fingerprint density at radius 2 is 1.84 bits per heavy atom. The van der Waals surface area contributed by atoms with Crippen molar-refractivity contribution < 1.29 is 19.3 Å². The summed E-state index contributed by atoms with van der Waals surface area (Å²) in [6.45, 7) is 7.63. The lowest BCUT2D eigenvalue weighted by Gasteiger charge is -2.33. The molecular formula is C12H24N2O4P+. The predicted molar refractivity (Wildman–Crippen MR) is 72.8 cm³/mol. The van der Waals surface area contributed by atoms with Crippen LogP contribution in [-0.2, 0) is 9.09 Å². The van der Waals surface area contributed by atoms with Crippen LogP contribution in [0, 0.1) is 11.3 Å². The van der Waals surface area contributed by atoms with Gasteiger partial charge < -0.3 is 10.2 Å². The second-order valence-electron chi connectivity index (χ2n) is 4.85. The van der Waals surface area contributed by atoms with E-state index in [9.17, 15) is 14.9 Å². The molecule has 0 aromatic heterocycles. The van der Waals surface area contributed by atoms with Crippen LogP contribution in [0.25, 0.3) is 0 Å². The summed E-state index contributed by atoms with van der Waals surface area (Å²) in [5, 5.41) is 27.2. The smallest absolute Gasteiger partial charge is 0.396 e. The van der Waals surface area contributed by atoms with Gasteiger partial charge in [0, 0.05) is 25.1 Å². The molecule has 0 saturated heterocycles. The highest BCUT2D eigenvalue weighted by atomic mass is 31.1. The molecule has 0 amide bonds. The molecule has 6 nitrogen and oxygen atoms in total. The van der Waals surface area contributed by atoms with Crippen LogP contribution in [0.15, 0.2) is 0 Å². The zero-order valence-corrected chi connectivity index (χ0v) is 12.9. The quantitative estimate of drug-likeness (QED) is 0.625. The van der Waals surface area contributed by atoms with Gasteiger partial charge in [-0.15, -0.1) is 4.52 Å². The molecule has 0 aliphatic rings. The third-order valence-corrected chi connectivity index (χ3v) is 3.84. The van der Waals surface area contributed by atoms with Crippen LogP contribution in [0.5, 0.6) is 0 Å². The maximum Gasteiger partial charge on any atom is 0.540 e. The Kier molecular flexibility index (Phi) is 9.07. The Morgan fingerprint density at radius 3 is 2.21 bits per heavy atom. The molecule has 3 unspecified atom stereocenters. The monoisotopic (exact) mass is 291 g/mol. The van der Waals surface area contributed by atoms with Crippen LogP contribution in [0.4, 0.5) is 0 Å². The minimum absolute atomic E-state index is 0.00446. The SMILES string of the molecule is CC(C)N(C(C)C)C(C#N)CO[P+](=O)C(O)CCO.